The van der Waals surface area contributed by atoms with Crippen molar-refractivity contribution < 1.29 is 9.84 Å². The zero-order valence-corrected chi connectivity index (χ0v) is 11.5. The Morgan fingerprint density at radius 1 is 1.25 bits per heavy atom. The minimum atomic E-state index is -0.313. The van der Waals surface area contributed by atoms with E-state index in [1.807, 2.05) is 6.92 Å². The first-order valence-electron chi connectivity index (χ1n) is 6.36. The standard InChI is InChI=1S/C13H29NO2/c1-11(2)7-6-8-16-10-13(5,9-15)14-12(3)4/h11-12,14-15H,6-10H2,1-5H3. The molecule has 0 heterocycles. The molecule has 0 aliphatic heterocycles. The van der Waals surface area contributed by atoms with Crippen molar-refractivity contribution in [2.75, 3.05) is 19.8 Å². The van der Waals surface area contributed by atoms with Crippen LogP contribution in [0.5, 0.6) is 0 Å². The van der Waals surface area contributed by atoms with Crippen LogP contribution in [-0.4, -0.2) is 36.5 Å². The fourth-order valence-corrected chi connectivity index (χ4v) is 1.72. The lowest BCUT2D eigenvalue weighted by Gasteiger charge is -2.30. The molecule has 3 nitrogen and oxygen atoms in total. The molecule has 2 N–H and O–H groups in total. The van der Waals surface area contributed by atoms with Crippen molar-refractivity contribution in [3.05, 3.63) is 0 Å². The molecule has 0 aromatic carbocycles. The highest BCUT2D eigenvalue weighted by molar-refractivity contribution is 4.83. The molecule has 1 unspecified atom stereocenters. The quantitative estimate of drug-likeness (QED) is 0.598. The molecular weight excluding hydrogens is 202 g/mol. The van der Waals surface area contributed by atoms with Crippen LogP contribution in [0.2, 0.25) is 0 Å². The van der Waals surface area contributed by atoms with Gasteiger partial charge in [0.15, 0.2) is 0 Å². The summed E-state index contributed by atoms with van der Waals surface area (Å²) in [5.74, 6) is 0.738. The third kappa shape index (κ3) is 8.08. The SMILES string of the molecule is CC(C)CCCOCC(C)(CO)NC(C)C. The summed E-state index contributed by atoms with van der Waals surface area (Å²) in [6, 6.07) is 0.358. The Morgan fingerprint density at radius 2 is 1.88 bits per heavy atom. The van der Waals surface area contributed by atoms with E-state index in [0.717, 1.165) is 18.9 Å². The molecule has 0 radical (unpaired) electrons. The van der Waals surface area contributed by atoms with E-state index in [2.05, 4.69) is 33.0 Å². The third-order valence-corrected chi connectivity index (χ3v) is 2.48. The maximum atomic E-state index is 9.34. The largest absolute Gasteiger partial charge is 0.394 e. The maximum Gasteiger partial charge on any atom is 0.0668 e. The van der Waals surface area contributed by atoms with Crippen LogP contribution in [0, 0.1) is 5.92 Å². The highest BCUT2D eigenvalue weighted by atomic mass is 16.5. The summed E-state index contributed by atoms with van der Waals surface area (Å²) in [5.41, 5.74) is -0.313. The summed E-state index contributed by atoms with van der Waals surface area (Å²) in [7, 11) is 0. The lowest BCUT2D eigenvalue weighted by molar-refractivity contribution is 0.0380. The van der Waals surface area contributed by atoms with Crippen molar-refractivity contribution in [2.24, 2.45) is 5.92 Å². The third-order valence-electron chi connectivity index (χ3n) is 2.48. The van der Waals surface area contributed by atoms with E-state index >= 15 is 0 Å². The number of hydrogen-bond acceptors (Lipinski definition) is 3. The maximum absolute atomic E-state index is 9.34. The normalized spacial score (nSPS) is 15.8. The van der Waals surface area contributed by atoms with E-state index < -0.39 is 0 Å². The first-order valence-corrected chi connectivity index (χ1v) is 6.36. The Balaban J connectivity index is 3.69. The molecule has 0 spiro atoms. The second kappa shape index (κ2) is 8.04. The van der Waals surface area contributed by atoms with E-state index in [1.54, 1.807) is 0 Å². The Hall–Kier alpha value is -0.120. The van der Waals surface area contributed by atoms with Crippen molar-refractivity contribution in [1.82, 2.24) is 5.32 Å². The molecule has 0 rings (SSSR count). The van der Waals surface area contributed by atoms with Gasteiger partial charge in [0.2, 0.25) is 0 Å². The van der Waals surface area contributed by atoms with Gasteiger partial charge >= 0.3 is 0 Å². The van der Waals surface area contributed by atoms with Gasteiger partial charge in [0.1, 0.15) is 0 Å². The molecule has 0 amide bonds. The highest BCUT2D eigenvalue weighted by Crippen LogP contribution is 2.07. The van der Waals surface area contributed by atoms with Crippen LogP contribution in [0.25, 0.3) is 0 Å². The zero-order chi connectivity index (χ0) is 12.6. The molecule has 0 aromatic heterocycles. The molecule has 98 valence electrons. The number of aliphatic hydroxyl groups is 1. The molecule has 0 fully saturated rings. The van der Waals surface area contributed by atoms with Crippen molar-refractivity contribution in [3.63, 3.8) is 0 Å². The van der Waals surface area contributed by atoms with Crippen LogP contribution in [-0.2, 0) is 4.74 Å². The van der Waals surface area contributed by atoms with Crippen molar-refractivity contribution in [3.8, 4) is 0 Å². The predicted molar refractivity (Wildman–Crippen MR) is 68.7 cm³/mol. The fraction of sp³-hybridized carbons (Fsp3) is 1.00. The molecule has 0 aliphatic rings. The number of ether oxygens (including phenoxy) is 1. The number of hydrogen-bond donors (Lipinski definition) is 2. The van der Waals surface area contributed by atoms with Crippen LogP contribution in [0.1, 0.15) is 47.5 Å². The van der Waals surface area contributed by atoms with Gasteiger partial charge in [0, 0.05) is 12.6 Å². The Morgan fingerprint density at radius 3 is 2.31 bits per heavy atom. The molecule has 0 aliphatic carbocycles. The Kier molecular flexibility index (Phi) is 7.98. The van der Waals surface area contributed by atoms with Gasteiger partial charge in [-0.1, -0.05) is 27.7 Å². The molecule has 0 aromatic rings. The summed E-state index contributed by atoms with van der Waals surface area (Å²) in [6.07, 6.45) is 2.30. The topological polar surface area (TPSA) is 41.5 Å². The van der Waals surface area contributed by atoms with Gasteiger partial charge in [0.25, 0.3) is 0 Å². The van der Waals surface area contributed by atoms with E-state index in [-0.39, 0.29) is 12.1 Å². The number of rotatable bonds is 9. The Labute approximate surface area is 101 Å². The van der Waals surface area contributed by atoms with Crippen molar-refractivity contribution in [1.29, 1.82) is 0 Å². The van der Waals surface area contributed by atoms with Gasteiger partial charge in [-0.25, -0.2) is 0 Å². The van der Waals surface area contributed by atoms with Gasteiger partial charge in [-0.3, -0.25) is 0 Å². The van der Waals surface area contributed by atoms with E-state index in [9.17, 15) is 5.11 Å². The minimum absolute atomic E-state index is 0.107. The smallest absolute Gasteiger partial charge is 0.0668 e. The van der Waals surface area contributed by atoms with Crippen molar-refractivity contribution in [2.45, 2.75) is 59.0 Å². The first-order chi connectivity index (χ1) is 7.39. The van der Waals surface area contributed by atoms with Crippen molar-refractivity contribution >= 4 is 0 Å². The van der Waals surface area contributed by atoms with Crippen LogP contribution in [0.3, 0.4) is 0 Å². The molecule has 3 heteroatoms. The summed E-state index contributed by atoms with van der Waals surface area (Å²) >= 11 is 0. The highest BCUT2D eigenvalue weighted by Gasteiger charge is 2.23. The van der Waals surface area contributed by atoms with Crippen LogP contribution >= 0.6 is 0 Å². The molecule has 0 saturated carbocycles. The number of nitrogens with one attached hydrogen (secondary N) is 1. The monoisotopic (exact) mass is 231 g/mol. The summed E-state index contributed by atoms with van der Waals surface area (Å²) in [4.78, 5) is 0. The minimum Gasteiger partial charge on any atom is -0.394 e. The predicted octanol–water partition coefficient (Wildman–Crippen LogP) is 2.19. The average Bonchev–Trinajstić information content (AvgIpc) is 2.15. The summed E-state index contributed by atoms with van der Waals surface area (Å²) < 4.78 is 5.62. The van der Waals surface area contributed by atoms with Gasteiger partial charge in [0.05, 0.1) is 18.8 Å². The Bertz CT molecular complexity index is 171. The summed E-state index contributed by atoms with van der Waals surface area (Å²) in [6.45, 7) is 12.0. The molecule has 0 saturated heterocycles. The molecule has 1 atom stereocenters. The average molecular weight is 231 g/mol. The van der Waals surface area contributed by atoms with E-state index in [1.165, 1.54) is 6.42 Å². The molecular formula is C13H29NO2. The van der Waals surface area contributed by atoms with Crippen LogP contribution in [0.4, 0.5) is 0 Å². The first kappa shape index (κ1) is 15.9. The second-order valence-corrected chi connectivity index (χ2v) is 5.61. The van der Waals surface area contributed by atoms with Gasteiger partial charge in [-0.05, 0) is 25.7 Å². The van der Waals surface area contributed by atoms with E-state index in [4.69, 9.17) is 4.74 Å². The van der Waals surface area contributed by atoms with Crippen LogP contribution < -0.4 is 5.32 Å². The second-order valence-electron chi connectivity index (χ2n) is 5.61. The zero-order valence-electron chi connectivity index (χ0n) is 11.5. The lowest BCUT2D eigenvalue weighted by Crippen LogP contribution is -2.52. The number of aliphatic hydroxyl groups excluding tert-OH is 1. The van der Waals surface area contributed by atoms with Gasteiger partial charge in [-0.2, -0.15) is 0 Å². The molecule has 16 heavy (non-hydrogen) atoms. The van der Waals surface area contributed by atoms with Gasteiger partial charge in [-0.15, -0.1) is 0 Å². The van der Waals surface area contributed by atoms with Gasteiger partial charge < -0.3 is 15.2 Å². The van der Waals surface area contributed by atoms with Crippen LogP contribution in [0.15, 0.2) is 0 Å². The lowest BCUT2D eigenvalue weighted by atomic mass is 10.0. The summed E-state index contributed by atoms with van der Waals surface area (Å²) in [5, 5.41) is 12.7. The molecule has 0 bridgehead atoms. The van der Waals surface area contributed by atoms with E-state index in [0.29, 0.717) is 12.6 Å². The fourth-order valence-electron chi connectivity index (χ4n) is 1.72.